The maximum atomic E-state index is 10.1. The molecule has 0 fully saturated rings. The summed E-state index contributed by atoms with van der Waals surface area (Å²) in [6.45, 7) is 1.29. The van der Waals surface area contributed by atoms with Gasteiger partial charge in [-0.3, -0.25) is 4.79 Å². The summed E-state index contributed by atoms with van der Waals surface area (Å²) in [5.74, 6) is -0.142. The molecule has 1 atom stereocenters. The largest absolute Gasteiger partial charge is 0.480 e. The number of carboxylic acids is 1. The maximum Gasteiger partial charge on any atom is 0.320 e. The number of carbonyl (C=O) groups is 1. The topological polar surface area (TPSA) is 115 Å². The van der Waals surface area contributed by atoms with Gasteiger partial charge in [0.15, 0.2) is 0 Å². The van der Waals surface area contributed by atoms with Gasteiger partial charge in [0.05, 0.1) is 0 Å². The highest BCUT2D eigenvalue weighted by molar-refractivity contribution is 7.80. The number of nitrogens with two attached hydrogens (primary N) is 3. The lowest BCUT2D eigenvalue weighted by Gasteiger charge is -2.03. The van der Waals surface area contributed by atoms with Crippen molar-refractivity contribution < 1.29 is 9.90 Å². The van der Waals surface area contributed by atoms with Crippen LogP contribution in [-0.4, -0.2) is 36.0 Å². The predicted octanol–water partition coefficient (Wildman–Crippen LogP) is 0.246. The number of thiol groups is 1. The molecule has 0 aliphatic heterocycles. The summed E-state index contributed by atoms with van der Waals surface area (Å²) < 4.78 is 0. The van der Waals surface area contributed by atoms with E-state index in [0.29, 0.717) is 19.5 Å². The Kier molecular flexibility index (Phi) is 32.6. The summed E-state index contributed by atoms with van der Waals surface area (Å²) in [4.78, 5) is 10.1. The van der Waals surface area contributed by atoms with E-state index in [1.165, 1.54) is 0 Å². The van der Waals surface area contributed by atoms with Crippen LogP contribution in [0.3, 0.4) is 0 Å². The lowest BCUT2D eigenvalue weighted by molar-refractivity contribution is -0.138. The normalized spacial score (nSPS) is 10.0. The Morgan fingerprint density at radius 2 is 1.62 bits per heavy atom. The van der Waals surface area contributed by atoms with Crippen LogP contribution in [0.5, 0.6) is 0 Å². The molecule has 7 N–H and O–H groups in total. The van der Waals surface area contributed by atoms with Crippen molar-refractivity contribution in [3.05, 3.63) is 0 Å². The molecule has 102 valence electrons. The first-order valence-corrected chi connectivity index (χ1v) is 5.22. The molecule has 0 heterocycles. The van der Waals surface area contributed by atoms with E-state index in [1.807, 2.05) is 0 Å². The molecule has 0 bridgehead atoms. The van der Waals surface area contributed by atoms with Crippen LogP contribution in [0.4, 0.5) is 0 Å². The van der Waals surface area contributed by atoms with Crippen molar-refractivity contribution in [1.82, 2.24) is 0 Å². The first-order valence-electron chi connectivity index (χ1n) is 4.59. The van der Waals surface area contributed by atoms with Crippen LogP contribution in [0.2, 0.25) is 0 Å². The summed E-state index contributed by atoms with van der Waals surface area (Å²) >= 11 is 3.80. The molecule has 0 saturated carbocycles. The van der Waals surface area contributed by atoms with Gasteiger partial charge in [-0.15, -0.1) is 24.8 Å². The zero-order valence-corrected chi connectivity index (χ0v) is 11.7. The molecule has 8 heteroatoms. The van der Waals surface area contributed by atoms with Gasteiger partial charge in [-0.1, -0.05) is 6.42 Å². The van der Waals surface area contributed by atoms with E-state index in [1.54, 1.807) is 0 Å². The Bertz CT molecular complexity index is 142. The SMILES string of the molecule is Cl.Cl.NCCCCC(N)C(=O)O.NCCS. The van der Waals surface area contributed by atoms with Crippen LogP contribution < -0.4 is 17.2 Å². The Balaban J connectivity index is -0.000000105. The van der Waals surface area contributed by atoms with Crippen molar-refractivity contribution >= 4 is 43.4 Å². The molecule has 0 saturated heterocycles. The van der Waals surface area contributed by atoms with Gasteiger partial charge in [-0.2, -0.15) is 12.6 Å². The molecule has 5 nitrogen and oxygen atoms in total. The second kappa shape index (κ2) is 20.7. The highest BCUT2D eigenvalue weighted by atomic mass is 35.5. The molecule has 16 heavy (non-hydrogen) atoms. The van der Waals surface area contributed by atoms with E-state index < -0.39 is 12.0 Å². The summed E-state index contributed by atoms with van der Waals surface area (Å²) in [5.41, 5.74) is 15.4. The van der Waals surface area contributed by atoms with Crippen LogP contribution in [0, 0.1) is 0 Å². The third-order valence-corrected chi connectivity index (χ3v) is 1.67. The Labute approximate surface area is 115 Å². The molecule has 0 rings (SSSR count). The number of carboxylic acid groups (broad SMARTS) is 1. The number of hydrogen-bond acceptors (Lipinski definition) is 5. The first kappa shape index (κ1) is 25.2. The molecule has 0 aliphatic rings. The van der Waals surface area contributed by atoms with Crippen molar-refractivity contribution in [2.45, 2.75) is 25.3 Å². The second-order valence-corrected chi connectivity index (χ2v) is 3.19. The van der Waals surface area contributed by atoms with Crippen molar-refractivity contribution in [2.24, 2.45) is 17.2 Å². The smallest absolute Gasteiger partial charge is 0.320 e. The van der Waals surface area contributed by atoms with Gasteiger partial charge in [-0.05, 0) is 19.4 Å². The highest BCUT2D eigenvalue weighted by Gasteiger charge is 2.09. The zero-order chi connectivity index (χ0) is 11.4. The van der Waals surface area contributed by atoms with Crippen molar-refractivity contribution in [3.8, 4) is 0 Å². The molecule has 0 amide bonds. The third kappa shape index (κ3) is 23.8. The summed E-state index contributed by atoms with van der Waals surface area (Å²) in [6.07, 6.45) is 2.16. The Hall–Kier alpha value is 0.280. The van der Waals surface area contributed by atoms with Crippen molar-refractivity contribution in [3.63, 3.8) is 0 Å². The molecular formula is C8H23Cl2N3O2S. The molecule has 0 spiro atoms. The van der Waals surface area contributed by atoms with Crippen molar-refractivity contribution in [1.29, 1.82) is 0 Å². The number of unbranched alkanes of at least 4 members (excludes halogenated alkanes) is 1. The highest BCUT2D eigenvalue weighted by Crippen LogP contribution is 1.96. The van der Waals surface area contributed by atoms with Gasteiger partial charge in [-0.25, -0.2) is 0 Å². The maximum absolute atomic E-state index is 10.1. The summed E-state index contributed by atoms with van der Waals surface area (Å²) in [5, 5.41) is 8.33. The van der Waals surface area contributed by atoms with Crippen LogP contribution in [0.1, 0.15) is 19.3 Å². The van der Waals surface area contributed by atoms with Gasteiger partial charge in [0.25, 0.3) is 0 Å². The number of halogens is 2. The number of hydrogen-bond donors (Lipinski definition) is 5. The Morgan fingerprint density at radius 1 is 1.19 bits per heavy atom. The molecular weight excluding hydrogens is 273 g/mol. The van der Waals surface area contributed by atoms with E-state index in [9.17, 15) is 4.79 Å². The van der Waals surface area contributed by atoms with Crippen molar-refractivity contribution in [2.75, 3.05) is 18.8 Å². The molecule has 1 unspecified atom stereocenters. The van der Waals surface area contributed by atoms with Gasteiger partial charge < -0.3 is 22.3 Å². The quantitative estimate of drug-likeness (QED) is 0.356. The van der Waals surface area contributed by atoms with Gasteiger partial charge in [0.1, 0.15) is 6.04 Å². The molecule has 0 radical (unpaired) electrons. The summed E-state index contributed by atoms with van der Waals surface area (Å²) in [7, 11) is 0. The van der Waals surface area contributed by atoms with Crippen LogP contribution in [0.25, 0.3) is 0 Å². The summed E-state index contributed by atoms with van der Waals surface area (Å²) in [6, 6.07) is -0.716. The Morgan fingerprint density at radius 3 is 1.88 bits per heavy atom. The fourth-order valence-electron chi connectivity index (χ4n) is 0.632. The van der Waals surface area contributed by atoms with Gasteiger partial charge >= 0.3 is 5.97 Å². The predicted molar refractivity (Wildman–Crippen MR) is 75.9 cm³/mol. The van der Waals surface area contributed by atoms with Crippen LogP contribution in [-0.2, 0) is 4.79 Å². The lowest BCUT2D eigenvalue weighted by atomic mass is 10.1. The van der Waals surface area contributed by atoms with E-state index in [-0.39, 0.29) is 24.8 Å². The van der Waals surface area contributed by atoms with E-state index in [4.69, 9.17) is 22.3 Å². The van der Waals surface area contributed by atoms with E-state index >= 15 is 0 Å². The molecule has 0 aliphatic carbocycles. The lowest BCUT2D eigenvalue weighted by Crippen LogP contribution is -2.29. The number of rotatable bonds is 6. The van der Waals surface area contributed by atoms with E-state index in [2.05, 4.69) is 12.6 Å². The monoisotopic (exact) mass is 295 g/mol. The first-order chi connectivity index (χ1) is 6.59. The average molecular weight is 296 g/mol. The van der Waals surface area contributed by atoms with Gasteiger partial charge in [0, 0.05) is 12.3 Å². The average Bonchev–Trinajstić information content (AvgIpc) is 2.18. The number of aliphatic carboxylic acids is 1. The molecule has 0 aromatic rings. The van der Waals surface area contributed by atoms with Crippen LogP contribution in [0.15, 0.2) is 0 Å². The van der Waals surface area contributed by atoms with Gasteiger partial charge in [0.2, 0.25) is 0 Å². The fourth-order valence-corrected chi connectivity index (χ4v) is 0.632. The third-order valence-electron chi connectivity index (χ3n) is 1.42. The zero-order valence-electron chi connectivity index (χ0n) is 9.17. The standard InChI is InChI=1S/C6H14N2O2.C2H7NS.2ClH/c7-4-2-1-3-5(8)6(9)10;3-1-2-4;;/h5H,1-4,7-8H2,(H,9,10);4H,1-3H2;2*1H. The minimum absolute atomic E-state index is 0. The minimum atomic E-state index is -0.933. The van der Waals surface area contributed by atoms with Crippen LogP contribution >= 0.6 is 37.4 Å². The molecule has 0 aromatic carbocycles. The molecule has 0 aromatic heterocycles. The second-order valence-electron chi connectivity index (χ2n) is 2.74. The fraction of sp³-hybridized carbons (Fsp3) is 0.875. The minimum Gasteiger partial charge on any atom is -0.480 e. The van der Waals surface area contributed by atoms with E-state index in [0.717, 1.165) is 18.6 Å².